The molecule has 1 aliphatic heterocycles. The van der Waals surface area contributed by atoms with Crippen LogP contribution in [0.1, 0.15) is 30.4 Å². The summed E-state index contributed by atoms with van der Waals surface area (Å²) in [5.41, 5.74) is 2.50. The van der Waals surface area contributed by atoms with Crippen molar-refractivity contribution in [3.05, 3.63) is 59.7 Å². The molecule has 0 aliphatic carbocycles. The number of hydrogen-bond donors (Lipinski definition) is 1. The van der Waals surface area contributed by atoms with Gasteiger partial charge in [-0.3, -0.25) is 9.59 Å². The number of likely N-dealkylation sites (tertiary alicyclic amines) is 1. The van der Waals surface area contributed by atoms with E-state index in [1.54, 1.807) is 26.4 Å². The molecule has 0 bridgehead atoms. The molecule has 1 aliphatic rings. The highest BCUT2D eigenvalue weighted by Gasteiger charge is 2.18. The van der Waals surface area contributed by atoms with Gasteiger partial charge in [-0.15, -0.1) is 0 Å². The molecule has 2 amide bonds. The third-order valence-corrected chi connectivity index (χ3v) is 4.79. The summed E-state index contributed by atoms with van der Waals surface area (Å²) in [5, 5.41) is 2.87. The molecule has 6 nitrogen and oxygen atoms in total. The summed E-state index contributed by atoms with van der Waals surface area (Å²) in [5.74, 6) is 1.27. The van der Waals surface area contributed by atoms with Gasteiger partial charge in [0, 0.05) is 37.3 Å². The molecule has 0 spiro atoms. The number of carbonyl (C=O) groups excluding carboxylic acids is 2. The van der Waals surface area contributed by atoms with Crippen molar-refractivity contribution in [3.63, 3.8) is 0 Å². The van der Waals surface area contributed by atoms with Gasteiger partial charge in [0.05, 0.1) is 14.2 Å². The standard InChI is InChI=1S/C23H26N2O4/c1-28-20-13-17(14-21(15-20)29-2)9-10-22(26)24-19-7-5-6-18(12-19)16-25-11-4-3-8-23(25)27/h5-7,9-10,12-15H,3-4,8,11,16H2,1-2H3,(H,24,26)/b10-9+. The van der Waals surface area contributed by atoms with Gasteiger partial charge in [-0.2, -0.15) is 0 Å². The summed E-state index contributed by atoms with van der Waals surface area (Å²) in [6.07, 6.45) is 5.81. The molecule has 0 atom stereocenters. The van der Waals surface area contributed by atoms with Gasteiger partial charge in [0.15, 0.2) is 0 Å². The maximum atomic E-state index is 12.3. The Bertz CT molecular complexity index is 885. The zero-order chi connectivity index (χ0) is 20.6. The van der Waals surface area contributed by atoms with Crippen LogP contribution < -0.4 is 14.8 Å². The predicted octanol–water partition coefficient (Wildman–Crippen LogP) is 3.87. The molecule has 1 N–H and O–H groups in total. The van der Waals surface area contributed by atoms with E-state index in [-0.39, 0.29) is 11.8 Å². The van der Waals surface area contributed by atoms with Crippen LogP contribution in [-0.4, -0.2) is 37.5 Å². The van der Waals surface area contributed by atoms with Gasteiger partial charge in [-0.1, -0.05) is 12.1 Å². The van der Waals surface area contributed by atoms with Crippen molar-refractivity contribution in [1.82, 2.24) is 4.90 Å². The third kappa shape index (κ3) is 5.85. The number of hydrogen-bond acceptors (Lipinski definition) is 4. The van der Waals surface area contributed by atoms with Gasteiger partial charge in [0.2, 0.25) is 11.8 Å². The fraction of sp³-hybridized carbons (Fsp3) is 0.304. The first-order chi connectivity index (χ1) is 14.1. The average Bonchev–Trinajstić information content (AvgIpc) is 2.74. The molecular formula is C23H26N2O4. The molecule has 29 heavy (non-hydrogen) atoms. The first-order valence-corrected chi connectivity index (χ1v) is 9.66. The molecule has 3 rings (SSSR count). The Balaban J connectivity index is 1.63. The topological polar surface area (TPSA) is 67.9 Å². The Labute approximate surface area is 171 Å². The van der Waals surface area contributed by atoms with Crippen LogP contribution in [0.25, 0.3) is 6.08 Å². The van der Waals surface area contributed by atoms with Crippen molar-refractivity contribution in [2.45, 2.75) is 25.8 Å². The molecule has 152 valence electrons. The average molecular weight is 394 g/mol. The molecule has 0 aromatic heterocycles. The highest BCUT2D eigenvalue weighted by molar-refractivity contribution is 6.02. The van der Waals surface area contributed by atoms with E-state index in [1.165, 1.54) is 6.08 Å². The minimum atomic E-state index is -0.238. The maximum Gasteiger partial charge on any atom is 0.248 e. The van der Waals surface area contributed by atoms with E-state index in [0.717, 1.165) is 30.5 Å². The van der Waals surface area contributed by atoms with E-state index in [0.29, 0.717) is 30.2 Å². The minimum Gasteiger partial charge on any atom is -0.497 e. The first-order valence-electron chi connectivity index (χ1n) is 9.66. The highest BCUT2D eigenvalue weighted by atomic mass is 16.5. The number of anilines is 1. The number of nitrogens with one attached hydrogen (secondary N) is 1. The number of nitrogens with zero attached hydrogens (tertiary/aromatic N) is 1. The van der Waals surface area contributed by atoms with Crippen molar-refractivity contribution >= 4 is 23.6 Å². The zero-order valence-electron chi connectivity index (χ0n) is 16.8. The lowest BCUT2D eigenvalue weighted by atomic mass is 10.1. The smallest absolute Gasteiger partial charge is 0.248 e. The number of carbonyl (C=O) groups is 2. The van der Waals surface area contributed by atoms with Gasteiger partial charge >= 0.3 is 0 Å². The molecule has 6 heteroatoms. The summed E-state index contributed by atoms with van der Waals surface area (Å²) in [6, 6.07) is 13.0. The van der Waals surface area contributed by atoms with Gasteiger partial charge in [-0.25, -0.2) is 0 Å². The lowest BCUT2D eigenvalue weighted by Crippen LogP contribution is -2.34. The Morgan fingerprint density at radius 3 is 2.55 bits per heavy atom. The Morgan fingerprint density at radius 1 is 1.10 bits per heavy atom. The maximum absolute atomic E-state index is 12.3. The molecule has 0 radical (unpaired) electrons. The van der Waals surface area contributed by atoms with Crippen molar-refractivity contribution in [3.8, 4) is 11.5 Å². The van der Waals surface area contributed by atoms with Gasteiger partial charge in [0.1, 0.15) is 11.5 Å². The Kier molecular flexibility index (Phi) is 6.89. The predicted molar refractivity (Wildman–Crippen MR) is 113 cm³/mol. The summed E-state index contributed by atoms with van der Waals surface area (Å²) in [4.78, 5) is 26.2. The van der Waals surface area contributed by atoms with Gasteiger partial charge in [-0.05, 0) is 54.3 Å². The number of amides is 2. The van der Waals surface area contributed by atoms with Crippen LogP contribution in [0.4, 0.5) is 5.69 Å². The Hall–Kier alpha value is -3.28. The summed E-state index contributed by atoms with van der Waals surface area (Å²) < 4.78 is 10.5. The fourth-order valence-electron chi connectivity index (χ4n) is 3.28. The van der Waals surface area contributed by atoms with Crippen molar-refractivity contribution in [1.29, 1.82) is 0 Å². The molecule has 2 aromatic rings. The summed E-state index contributed by atoms with van der Waals surface area (Å²) in [7, 11) is 3.17. The van der Waals surface area contributed by atoms with Crippen molar-refractivity contribution in [2.24, 2.45) is 0 Å². The van der Waals surface area contributed by atoms with Gasteiger partial charge in [0.25, 0.3) is 0 Å². The number of rotatable bonds is 7. The summed E-state index contributed by atoms with van der Waals surface area (Å²) in [6.45, 7) is 1.37. The quantitative estimate of drug-likeness (QED) is 0.724. The van der Waals surface area contributed by atoms with Crippen LogP contribution in [0, 0.1) is 0 Å². The highest BCUT2D eigenvalue weighted by Crippen LogP contribution is 2.23. The molecule has 2 aromatic carbocycles. The third-order valence-electron chi connectivity index (χ3n) is 4.79. The lowest BCUT2D eigenvalue weighted by molar-refractivity contribution is -0.133. The second kappa shape index (κ2) is 9.78. The fourth-order valence-corrected chi connectivity index (χ4v) is 3.28. The number of methoxy groups -OCH3 is 2. The number of ether oxygens (including phenoxy) is 2. The van der Waals surface area contributed by atoms with Crippen LogP contribution in [-0.2, 0) is 16.1 Å². The van der Waals surface area contributed by atoms with Crippen molar-refractivity contribution in [2.75, 3.05) is 26.1 Å². The normalized spacial score (nSPS) is 14.1. The Morgan fingerprint density at radius 2 is 1.86 bits per heavy atom. The monoisotopic (exact) mass is 394 g/mol. The summed E-state index contributed by atoms with van der Waals surface area (Å²) >= 11 is 0. The largest absolute Gasteiger partial charge is 0.497 e. The number of benzene rings is 2. The molecule has 1 heterocycles. The van der Waals surface area contributed by atoms with E-state index in [1.807, 2.05) is 41.3 Å². The van der Waals surface area contributed by atoms with Crippen LogP contribution in [0.15, 0.2) is 48.5 Å². The molecule has 0 unspecified atom stereocenters. The first kappa shape index (κ1) is 20.5. The van der Waals surface area contributed by atoms with Crippen molar-refractivity contribution < 1.29 is 19.1 Å². The van der Waals surface area contributed by atoms with E-state index < -0.39 is 0 Å². The lowest BCUT2D eigenvalue weighted by Gasteiger charge is -2.26. The minimum absolute atomic E-state index is 0.197. The molecular weight excluding hydrogens is 368 g/mol. The van der Waals surface area contributed by atoms with Crippen LogP contribution in [0.5, 0.6) is 11.5 Å². The number of piperidine rings is 1. The van der Waals surface area contributed by atoms with E-state index in [9.17, 15) is 9.59 Å². The molecule has 0 saturated carbocycles. The molecule has 1 fully saturated rings. The van der Waals surface area contributed by atoms with E-state index in [4.69, 9.17) is 9.47 Å². The van der Waals surface area contributed by atoms with Crippen LogP contribution >= 0.6 is 0 Å². The second-order valence-electron chi connectivity index (χ2n) is 6.94. The van der Waals surface area contributed by atoms with E-state index in [2.05, 4.69) is 5.32 Å². The van der Waals surface area contributed by atoms with Gasteiger partial charge < -0.3 is 19.7 Å². The van der Waals surface area contributed by atoms with Crippen LogP contribution in [0.3, 0.4) is 0 Å². The second-order valence-corrected chi connectivity index (χ2v) is 6.94. The molecule has 1 saturated heterocycles. The van der Waals surface area contributed by atoms with Crippen LogP contribution in [0.2, 0.25) is 0 Å². The zero-order valence-corrected chi connectivity index (χ0v) is 16.8. The van der Waals surface area contributed by atoms with E-state index >= 15 is 0 Å². The SMILES string of the molecule is COc1cc(/C=C/C(=O)Nc2cccc(CN3CCCCC3=O)c2)cc(OC)c1.